The molecule has 3 nitrogen and oxygen atoms in total. The third-order valence-electron chi connectivity index (χ3n) is 3.13. The van der Waals surface area contributed by atoms with Crippen molar-refractivity contribution >= 4 is 24.1 Å². The molecule has 1 radical (unpaired) electrons. The molecule has 2 rings (SSSR count). The first-order valence-corrected chi connectivity index (χ1v) is 10.3. The molecule has 20 heavy (non-hydrogen) atoms. The van der Waals surface area contributed by atoms with E-state index in [9.17, 15) is 13.0 Å². The first-order valence-electron chi connectivity index (χ1n) is 6.33. The van der Waals surface area contributed by atoms with Gasteiger partial charge in [0.1, 0.15) is 0 Å². The Morgan fingerprint density at radius 3 is 2.20 bits per heavy atom. The largest absolute Gasteiger partial charge is 0.294 e. The van der Waals surface area contributed by atoms with E-state index in [-0.39, 0.29) is 4.90 Å². The molecule has 105 valence electrons. The summed E-state index contributed by atoms with van der Waals surface area (Å²) < 4.78 is 32.5. The molecule has 2 aromatic carbocycles. The van der Waals surface area contributed by atoms with Crippen LogP contribution in [0, 0.1) is 0 Å². The Labute approximate surface area is 121 Å². The highest BCUT2D eigenvalue weighted by Crippen LogP contribution is 2.14. The molecule has 0 aliphatic heterocycles. The average molecular weight is 305 g/mol. The van der Waals surface area contributed by atoms with Crippen LogP contribution in [0.3, 0.4) is 0 Å². The molecule has 0 unspecified atom stereocenters. The normalized spacial score (nSPS) is 11.8. The lowest BCUT2D eigenvalue weighted by molar-refractivity contribution is 0.483. The van der Waals surface area contributed by atoms with Crippen LogP contribution in [0.5, 0.6) is 0 Å². The molecule has 0 atom stereocenters. The van der Waals surface area contributed by atoms with Gasteiger partial charge in [0.25, 0.3) is 10.1 Å². The van der Waals surface area contributed by atoms with Crippen molar-refractivity contribution in [3.63, 3.8) is 0 Å². The molecule has 0 fully saturated rings. The van der Waals surface area contributed by atoms with E-state index < -0.39 is 18.9 Å². The van der Waals surface area contributed by atoms with Gasteiger partial charge in [-0.15, -0.1) is 0 Å². The maximum atomic E-state index is 11.5. The van der Waals surface area contributed by atoms with Gasteiger partial charge in [-0.2, -0.15) is 8.42 Å². The van der Waals surface area contributed by atoms with Crippen molar-refractivity contribution in [2.24, 2.45) is 0 Å². The maximum Gasteiger partial charge on any atom is 0.294 e. The zero-order valence-corrected chi connectivity index (χ0v) is 13.3. The number of benzene rings is 2. The van der Waals surface area contributed by atoms with Crippen LogP contribution in [0.15, 0.2) is 53.4 Å². The fraction of sp³-hybridized carbons (Fsp3) is 0.200. The SMILES string of the molecule is C[Si](C)c1c(Cc2ccccc2)cccc1S(=O)(=O)O. The van der Waals surface area contributed by atoms with Crippen LogP contribution >= 0.6 is 0 Å². The van der Waals surface area contributed by atoms with Gasteiger partial charge in [-0.3, -0.25) is 4.55 Å². The topological polar surface area (TPSA) is 54.4 Å². The summed E-state index contributed by atoms with van der Waals surface area (Å²) in [4.78, 5) is 0.0600. The van der Waals surface area contributed by atoms with E-state index in [1.807, 2.05) is 49.5 Å². The van der Waals surface area contributed by atoms with Crippen LogP contribution in [0.4, 0.5) is 0 Å². The molecule has 2 aromatic rings. The first kappa shape index (κ1) is 15.0. The Hall–Kier alpha value is -1.43. The lowest BCUT2D eigenvalue weighted by Gasteiger charge is -2.15. The summed E-state index contributed by atoms with van der Waals surface area (Å²) in [6.45, 7) is 4.06. The monoisotopic (exact) mass is 305 g/mol. The molecule has 0 heterocycles. The molecule has 0 aliphatic carbocycles. The summed E-state index contributed by atoms with van der Waals surface area (Å²) >= 11 is 0. The quantitative estimate of drug-likeness (QED) is 0.697. The van der Waals surface area contributed by atoms with Crippen molar-refractivity contribution in [3.8, 4) is 0 Å². The Morgan fingerprint density at radius 2 is 1.65 bits per heavy atom. The van der Waals surface area contributed by atoms with E-state index in [1.54, 1.807) is 6.07 Å². The Bertz CT molecular complexity index is 694. The van der Waals surface area contributed by atoms with Crippen molar-refractivity contribution in [3.05, 3.63) is 59.7 Å². The van der Waals surface area contributed by atoms with Crippen LogP contribution < -0.4 is 5.19 Å². The summed E-state index contributed by atoms with van der Waals surface area (Å²) in [6, 6.07) is 15.0. The average Bonchev–Trinajstić information content (AvgIpc) is 2.38. The highest BCUT2D eigenvalue weighted by molar-refractivity contribution is 7.86. The van der Waals surface area contributed by atoms with Gasteiger partial charge in [0.05, 0.1) is 13.7 Å². The van der Waals surface area contributed by atoms with Crippen LogP contribution in [0.25, 0.3) is 0 Å². The second-order valence-electron chi connectivity index (χ2n) is 4.93. The molecular formula is C15H17O3SSi. The van der Waals surface area contributed by atoms with Gasteiger partial charge in [0, 0.05) is 0 Å². The van der Waals surface area contributed by atoms with Crippen LogP contribution in [-0.2, 0) is 16.5 Å². The van der Waals surface area contributed by atoms with E-state index in [0.29, 0.717) is 6.42 Å². The zero-order valence-electron chi connectivity index (χ0n) is 11.5. The minimum absolute atomic E-state index is 0.0600. The van der Waals surface area contributed by atoms with Gasteiger partial charge >= 0.3 is 0 Å². The van der Waals surface area contributed by atoms with E-state index >= 15 is 0 Å². The molecular weight excluding hydrogens is 288 g/mol. The Morgan fingerprint density at radius 1 is 1.00 bits per heavy atom. The molecule has 0 amide bonds. The predicted octanol–water partition coefficient (Wildman–Crippen LogP) is 2.49. The summed E-state index contributed by atoms with van der Waals surface area (Å²) in [7, 11) is -5.18. The van der Waals surface area contributed by atoms with Gasteiger partial charge < -0.3 is 0 Å². The fourth-order valence-corrected chi connectivity index (χ4v) is 5.35. The molecule has 1 N–H and O–H groups in total. The van der Waals surface area contributed by atoms with E-state index in [4.69, 9.17) is 0 Å². The third kappa shape index (κ3) is 3.36. The highest BCUT2D eigenvalue weighted by Gasteiger charge is 2.21. The van der Waals surface area contributed by atoms with Gasteiger partial charge in [0.2, 0.25) is 0 Å². The van der Waals surface area contributed by atoms with Crippen LogP contribution in [0.1, 0.15) is 11.1 Å². The minimum Gasteiger partial charge on any atom is -0.282 e. The molecule has 0 saturated heterocycles. The lowest BCUT2D eigenvalue weighted by atomic mass is 10.1. The number of rotatable bonds is 4. The summed E-state index contributed by atoms with van der Waals surface area (Å²) in [5.41, 5.74) is 2.11. The van der Waals surface area contributed by atoms with E-state index in [1.165, 1.54) is 6.07 Å². The van der Waals surface area contributed by atoms with Crippen molar-refractivity contribution in [1.82, 2.24) is 0 Å². The smallest absolute Gasteiger partial charge is 0.282 e. The van der Waals surface area contributed by atoms with E-state index in [0.717, 1.165) is 16.3 Å². The van der Waals surface area contributed by atoms with Gasteiger partial charge in [-0.1, -0.05) is 55.6 Å². The summed E-state index contributed by atoms with van der Waals surface area (Å²) in [5, 5.41) is 0.795. The fourth-order valence-electron chi connectivity index (χ4n) is 2.32. The van der Waals surface area contributed by atoms with Gasteiger partial charge in [-0.05, 0) is 28.8 Å². The molecule has 0 aliphatic rings. The second-order valence-corrected chi connectivity index (χ2v) is 8.82. The van der Waals surface area contributed by atoms with Crippen molar-refractivity contribution < 1.29 is 13.0 Å². The number of hydrogen-bond acceptors (Lipinski definition) is 2. The van der Waals surface area contributed by atoms with Crippen molar-refractivity contribution in [2.75, 3.05) is 0 Å². The second kappa shape index (κ2) is 5.91. The lowest BCUT2D eigenvalue weighted by Crippen LogP contribution is -2.32. The Kier molecular flexibility index (Phi) is 4.42. The van der Waals surface area contributed by atoms with Crippen LogP contribution in [0.2, 0.25) is 13.1 Å². The minimum atomic E-state index is -4.17. The van der Waals surface area contributed by atoms with Crippen molar-refractivity contribution in [1.29, 1.82) is 0 Å². The number of hydrogen-bond donors (Lipinski definition) is 1. The van der Waals surface area contributed by atoms with E-state index in [2.05, 4.69) is 0 Å². The summed E-state index contributed by atoms with van der Waals surface area (Å²) in [6.07, 6.45) is 0.676. The van der Waals surface area contributed by atoms with Crippen LogP contribution in [-0.4, -0.2) is 21.8 Å². The highest BCUT2D eigenvalue weighted by atomic mass is 32.2. The molecule has 5 heteroatoms. The molecule has 0 bridgehead atoms. The molecule has 0 spiro atoms. The molecule has 0 saturated carbocycles. The molecule has 0 aromatic heterocycles. The third-order valence-corrected chi connectivity index (χ3v) is 5.80. The first-order chi connectivity index (χ1) is 9.39. The standard InChI is InChI=1S/C15H17O3SSi/c1-20(2)15-13(11-12-7-4-3-5-8-12)9-6-10-14(15)19(16,17)18/h3-10H,11H2,1-2H3,(H,16,17,18). The van der Waals surface area contributed by atoms with Gasteiger partial charge in [-0.25, -0.2) is 0 Å². The van der Waals surface area contributed by atoms with Crippen molar-refractivity contribution in [2.45, 2.75) is 24.4 Å². The van der Waals surface area contributed by atoms with Gasteiger partial charge in [0.15, 0.2) is 0 Å². The zero-order chi connectivity index (χ0) is 14.8. The summed E-state index contributed by atoms with van der Waals surface area (Å²) in [5.74, 6) is 0. The predicted molar refractivity (Wildman–Crippen MR) is 82.6 cm³/mol. The Balaban J connectivity index is 2.54. The maximum absolute atomic E-state index is 11.5.